The molecule has 4 heteroatoms. The predicted octanol–water partition coefficient (Wildman–Crippen LogP) is 12.8. The fourth-order valence-electron chi connectivity index (χ4n) is 0. The van der Waals surface area contributed by atoms with Crippen LogP contribution in [0.5, 0.6) is 0 Å². The van der Waals surface area contributed by atoms with Gasteiger partial charge in [-0.05, 0) is 0 Å². The molecule has 0 aliphatic carbocycles. The average molecular weight is 655 g/mol. The topological polar surface area (TPSA) is 67.0 Å². The molecule has 0 rings (SSSR count). The van der Waals surface area contributed by atoms with Crippen LogP contribution in [0.25, 0.3) is 12.3 Å². The monoisotopic (exact) mass is 655 g/mol. The maximum Gasteiger partial charge on any atom is 1.00 e. The number of rotatable bonds is 0. The summed E-state index contributed by atoms with van der Waals surface area (Å²) in [4.78, 5) is 0. The molecule has 0 heterocycles. The predicted molar refractivity (Wildman–Crippen MR) is 212 cm³/mol. The first-order chi connectivity index (χ1) is 15.6. The van der Waals surface area contributed by atoms with Crippen LogP contribution in [-0.2, 0) is 0 Å². The van der Waals surface area contributed by atoms with Gasteiger partial charge >= 0.3 is 103 Å². The van der Waals surface area contributed by atoms with Crippen LogP contribution in [0, 0.1) is 29.7 Å². The fourth-order valence-corrected chi connectivity index (χ4v) is 0. The van der Waals surface area contributed by atoms with Crippen molar-refractivity contribution in [3.05, 3.63) is 42.0 Å². The van der Waals surface area contributed by atoms with Gasteiger partial charge in [-0.1, -0.05) is 223 Å². The van der Waals surface area contributed by atoms with Crippen LogP contribution in [0.1, 0.15) is 223 Å². The summed E-state index contributed by atoms with van der Waals surface area (Å²) in [5.41, 5.74) is 0. The van der Waals surface area contributed by atoms with Gasteiger partial charge in [0.1, 0.15) is 0 Å². The van der Waals surface area contributed by atoms with Crippen LogP contribution < -0.4 is 103 Å². The maximum absolute atomic E-state index is 2.12. The first kappa shape index (κ1) is 130. The van der Waals surface area contributed by atoms with E-state index >= 15 is 0 Å². The van der Waals surface area contributed by atoms with Gasteiger partial charge in [-0.15, -0.1) is 0 Å². The molecule has 0 aliphatic rings. The van der Waals surface area contributed by atoms with Crippen molar-refractivity contribution in [3.63, 3.8) is 0 Å². The van der Waals surface area contributed by atoms with Crippen molar-refractivity contribution < 1.29 is 103 Å². The number of nitrogens with two attached hydrogens (primary N) is 2. The molecule has 0 fully saturated rings. The summed E-state index contributed by atoms with van der Waals surface area (Å²) in [7, 11) is 0. The van der Waals surface area contributed by atoms with Crippen molar-refractivity contribution in [2.24, 2.45) is 0 Å². The van der Waals surface area contributed by atoms with Crippen molar-refractivity contribution >= 4 is 0 Å². The minimum atomic E-state index is 0. The Labute approximate surface area is 362 Å². The Morgan fingerprint density at radius 2 is 0.171 bits per heavy atom. The summed E-state index contributed by atoms with van der Waals surface area (Å²) in [6.07, 6.45) is 13.8. The van der Waals surface area contributed by atoms with Gasteiger partial charge in [0.2, 0.25) is 0 Å². The zero-order chi connectivity index (χ0) is 29.8. The second-order valence-electron chi connectivity index (χ2n) is 7.78. The van der Waals surface area contributed by atoms with Crippen LogP contribution >= 0.6 is 0 Å². The van der Waals surface area contributed by atoms with Gasteiger partial charge in [0.15, 0.2) is 0 Å². The molecule has 0 aromatic rings. The van der Waals surface area contributed by atoms with Gasteiger partial charge < -0.3 is 42.0 Å². The van der Waals surface area contributed by atoms with E-state index < -0.39 is 0 Å². The maximum atomic E-state index is 2.12. The summed E-state index contributed by atoms with van der Waals surface area (Å²) >= 11 is 0. The molecule has 0 spiro atoms. The first-order valence-electron chi connectivity index (χ1n) is 15.6. The molecule has 4 N–H and O–H groups in total. The molecule has 0 saturated carbocycles. The van der Waals surface area contributed by atoms with Gasteiger partial charge in [-0.2, -0.15) is 0 Å². The van der Waals surface area contributed by atoms with E-state index in [4.69, 9.17) is 0 Å². The molecule has 0 atom stereocenters. The summed E-state index contributed by atoms with van der Waals surface area (Å²) in [5, 5.41) is 0. The minimum absolute atomic E-state index is 0. The van der Waals surface area contributed by atoms with E-state index in [1.165, 1.54) is 70.6 Å². The second kappa shape index (κ2) is 382. The standard InChI is InChI=1S/11C3H8.4CH3.2K.2H2N/c11*1-3-2;;;;;;;;/h11*3H2,1-2H3;4*1H3;;;2*1H2/q;;;;;;;;;;;4*-1;2*+1;2*-1. The van der Waals surface area contributed by atoms with Crippen molar-refractivity contribution in [1.29, 1.82) is 0 Å². The minimum Gasteiger partial charge on any atom is -0.693 e. The van der Waals surface area contributed by atoms with E-state index in [1.807, 2.05) is 0 Å². The molecular formula is C37H104K2N2-4. The van der Waals surface area contributed by atoms with Crippen LogP contribution in [0.2, 0.25) is 0 Å². The molecule has 0 unspecified atom stereocenters. The summed E-state index contributed by atoms with van der Waals surface area (Å²) in [5.74, 6) is 0. The average Bonchev–Trinajstić information content (AvgIpc) is 2.68. The molecule has 2 nitrogen and oxygen atoms in total. The molecular weight excluding hydrogens is 551 g/mol. The molecule has 0 amide bonds. The van der Waals surface area contributed by atoms with E-state index in [-0.39, 0.29) is 145 Å². The smallest absolute Gasteiger partial charge is 0.693 e. The third-order valence-corrected chi connectivity index (χ3v) is 0. The zero-order valence-electron chi connectivity index (χ0n) is 36.9. The van der Waals surface area contributed by atoms with Crippen LogP contribution in [-0.4, -0.2) is 0 Å². The quantitative estimate of drug-likeness (QED) is 0.184. The van der Waals surface area contributed by atoms with Gasteiger partial charge in [-0.25, -0.2) is 0 Å². The molecule has 0 bridgehead atoms. The van der Waals surface area contributed by atoms with E-state index in [0.29, 0.717) is 0 Å². The summed E-state index contributed by atoms with van der Waals surface area (Å²) in [6, 6.07) is 0. The second-order valence-corrected chi connectivity index (χ2v) is 7.78. The number of hydrogen-bond donors (Lipinski definition) is 0. The molecule has 0 radical (unpaired) electrons. The van der Waals surface area contributed by atoms with Crippen molar-refractivity contribution in [2.75, 3.05) is 0 Å². The Bertz CT molecular complexity index is 61.0. The zero-order valence-corrected chi connectivity index (χ0v) is 43.2. The van der Waals surface area contributed by atoms with Crippen molar-refractivity contribution in [3.8, 4) is 0 Å². The van der Waals surface area contributed by atoms with Crippen molar-refractivity contribution in [2.45, 2.75) is 223 Å². The molecule has 0 saturated heterocycles. The van der Waals surface area contributed by atoms with Crippen LogP contribution in [0.3, 0.4) is 0 Å². The molecule has 268 valence electrons. The Morgan fingerprint density at radius 3 is 0.171 bits per heavy atom. The first-order valence-corrected chi connectivity index (χ1v) is 15.6. The Kier molecular flexibility index (Phi) is 1210. The van der Waals surface area contributed by atoms with E-state index in [2.05, 4.69) is 152 Å². The fraction of sp³-hybridized carbons (Fsp3) is 0.892. The number of hydrogen-bond acceptors (Lipinski definition) is 0. The molecule has 0 aromatic heterocycles. The van der Waals surface area contributed by atoms with Gasteiger partial charge in [0, 0.05) is 0 Å². The van der Waals surface area contributed by atoms with Gasteiger partial charge in [-0.3, -0.25) is 0 Å². The van der Waals surface area contributed by atoms with Crippen LogP contribution in [0.4, 0.5) is 0 Å². The molecule has 0 aliphatic heterocycles. The van der Waals surface area contributed by atoms with Gasteiger partial charge in [0.25, 0.3) is 0 Å². The Hall–Kier alpha value is 3.19. The SMILES string of the molecule is CCC.CCC.CCC.CCC.CCC.CCC.CCC.CCC.CCC.CCC.CCC.[CH3-].[CH3-].[CH3-].[CH3-].[K+].[K+].[NH2-].[NH2-]. The third-order valence-electron chi connectivity index (χ3n) is 0. The Balaban J connectivity index is -0.00000000749. The largest absolute Gasteiger partial charge is 1.00 e. The molecule has 41 heavy (non-hydrogen) atoms. The van der Waals surface area contributed by atoms with Crippen molar-refractivity contribution in [1.82, 2.24) is 0 Å². The normalized spacial score (nSPS) is 4.83. The summed E-state index contributed by atoms with van der Waals surface area (Å²) in [6.45, 7) is 46.8. The Morgan fingerprint density at radius 1 is 0.171 bits per heavy atom. The van der Waals surface area contributed by atoms with E-state index in [1.54, 1.807) is 0 Å². The van der Waals surface area contributed by atoms with E-state index in [9.17, 15) is 0 Å². The third kappa shape index (κ3) is 7190. The van der Waals surface area contributed by atoms with E-state index in [0.717, 1.165) is 0 Å². The molecule has 0 aromatic carbocycles. The summed E-state index contributed by atoms with van der Waals surface area (Å²) < 4.78 is 0. The van der Waals surface area contributed by atoms with Gasteiger partial charge in [0.05, 0.1) is 0 Å². The van der Waals surface area contributed by atoms with Crippen LogP contribution in [0.15, 0.2) is 0 Å².